The normalized spacial score (nSPS) is 28.3. The lowest BCUT2D eigenvalue weighted by Gasteiger charge is -2.32. The second kappa shape index (κ2) is 6.25. The average Bonchev–Trinajstić information content (AvgIpc) is 2.77. The van der Waals surface area contributed by atoms with E-state index in [-0.39, 0.29) is 0 Å². The summed E-state index contributed by atoms with van der Waals surface area (Å²) < 4.78 is 1.29. The molecule has 0 radical (unpaired) electrons. The minimum atomic E-state index is 0.596. The van der Waals surface area contributed by atoms with Crippen LogP contribution in [0, 0.1) is 5.92 Å². The van der Waals surface area contributed by atoms with Crippen LogP contribution in [0.2, 0.25) is 0 Å². The molecule has 2 aliphatic rings. The number of halogens is 1. The minimum Gasteiger partial charge on any atom is -0.310 e. The van der Waals surface area contributed by atoms with E-state index in [1.165, 1.54) is 55.5 Å². The zero-order valence-corrected chi connectivity index (χ0v) is 14.0. The van der Waals surface area contributed by atoms with Crippen molar-refractivity contribution in [3.63, 3.8) is 0 Å². The smallest absolute Gasteiger partial charge is 0.0704 e. The monoisotopic (exact) mass is 342 g/mol. The molecule has 1 fully saturated rings. The number of nitrogens with one attached hydrogen (secondary N) is 1. The summed E-state index contributed by atoms with van der Waals surface area (Å²) in [5.41, 5.74) is 1.56. The molecule has 1 aromatic heterocycles. The molecule has 0 bridgehead atoms. The van der Waals surface area contributed by atoms with Gasteiger partial charge in [-0.15, -0.1) is 11.3 Å². The van der Waals surface area contributed by atoms with Gasteiger partial charge in [0.05, 0.1) is 3.79 Å². The van der Waals surface area contributed by atoms with Gasteiger partial charge in [-0.25, -0.2) is 0 Å². The molecule has 1 aliphatic carbocycles. The highest BCUT2D eigenvalue weighted by atomic mass is 79.9. The highest BCUT2D eigenvalue weighted by Crippen LogP contribution is 2.38. The van der Waals surface area contributed by atoms with Crippen molar-refractivity contribution in [2.24, 2.45) is 5.92 Å². The Morgan fingerprint density at radius 2 is 2.32 bits per heavy atom. The van der Waals surface area contributed by atoms with Crippen molar-refractivity contribution < 1.29 is 0 Å². The van der Waals surface area contributed by atoms with Crippen LogP contribution in [-0.4, -0.2) is 31.6 Å². The summed E-state index contributed by atoms with van der Waals surface area (Å²) in [5, 5.41) is 3.84. The standard InChI is InChI=1S/C15H23BrN2S/c1-18-7-3-4-11(10-18)9-17-13-5-2-6-14-12(13)8-15(16)19-14/h8,11,13,17H,2-7,9-10H2,1H3. The molecule has 2 nitrogen and oxygen atoms in total. The third-order valence-corrected chi connectivity index (χ3v) is 6.17. The van der Waals surface area contributed by atoms with Gasteiger partial charge < -0.3 is 10.2 Å². The van der Waals surface area contributed by atoms with Crippen molar-refractivity contribution in [2.75, 3.05) is 26.7 Å². The lowest BCUT2D eigenvalue weighted by molar-refractivity contribution is 0.201. The molecule has 4 heteroatoms. The van der Waals surface area contributed by atoms with Gasteiger partial charge in [0.2, 0.25) is 0 Å². The van der Waals surface area contributed by atoms with Gasteiger partial charge in [-0.2, -0.15) is 0 Å². The molecule has 1 N–H and O–H groups in total. The third-order valence-electron chi connectivity index (χ3n) is 4.46. The van der Waals surface area contributed by atoms with Gasteiger partial charge in [-0.1, -0.05) is 0 Å². The van der Waals surface area contributed by atoms with Crippen LogP contribution < -0.4 is 5.32 Å². The maximum absolute atomic E-state index is 3.84. The number of nitrogens with zero attached hydrogens (tertiary/aromatic N) is 1. The fraction of sp³-hybridized carbons (Fsp3) is 0.733. The van der Waals surface area contributed by atoms with Crippen LogP contribution in [0.5, 0.6) is 0 Å². The van der Waals surface area contributed by atoms with Gasteiger partial charge in [-0.3, -0.25) is 0 Å². The highest BCUT2D eigenvalue weighted by Gasteiger charge is 2.24. The molecule has 0 saturated carbocycles. The molecule has 2 unspecified atom stereocenters. The van der Waals surface area contributed by atoms with Gasteiger partial charge in [0.25, 0.3) is 0 Å². The van der Waals surface area contributed by atoms with Crippen molar-refractivity contribution >= 4 is 27.3 Å². The van der Waals surface area contributed by atoms with Gasteiger partial charge >= 0.3 is 0 Å². The van der Waals surface area contributed by atoms with Crippen LogP contribution >= 0.6 is 27.3 Å². The summed E-state index contributed by atoms with van der Waals surface area (Å²) in [6, 6.07) is 2.93. The maximum atomic E-state index is 3.84. The van der Waals surface area contributed by atoms with Gasteiger partial charge in [0.15, 0.2) is 0 Å². The fourth-order valence-electron chi connectivity index (χ4n) is 3.48. The molecule has 3 rings (SSSR count). The molecule has 1 saturated heterocycles. The van der Waals surface area contributed by atoms with Gasteiger partial charge in [-0.05, 0) is 85.7 Å². The SMILES string of the molecule is CN1CCCC(CNC2CCCc3sc(Br)cc32)C1. The Bertz CT molecular complexity index is 432. The predicted octanol–water partition coefficient (Wildman–Crippen LogP) is 3.82. The first-order valence-corrected chi connectivity index (χ1v) is 9.03. The first-order chi connectivity index (χ1) is 9.22. The molecule has 0 aromatic carbocycles. The highest BCUT2D eigenvalue weighted by molar-refractivity contribution is 9.11. The molecule has 1 aliphatic heterocycles. The van der Waals surface area contributed by atoms with Crippen LogP contribution in [0.1, 0.15) is 42.2 Å². The average molecular weight is 343 g/mol. The van der Waals surface area contributed by atoms with Gasteiger partial charge in [0, 0.05) is 17.5 Å². The molecule has 19 heavy (non-hydrogen) atoms. The number of hydrogen-bond acceptors (Lipinski definition) is 3. The van der Waals surface area contributed by atoms with Crippen molar-refractivity contribution in [2.45, 2.75) is 38.1 Å². The van der Waals surface area contributed by atoms with E-state index in [0.29, 0.717) is 6.04 Å². The summed E-state index contributed by atoms with van der Waals surface area (Å²) in [6.45, 7) is 3.73. The Morgan fingerprint density at radius 3 is 3.16 bits per heavy atom. The largest absolute Gasteiger partial charge is 0.310 e. The molecule has 2 atom stereocenters. The zero-order valence-electron chi connectivity index (χ0n) is 11.6. The van der Waals surface area contributed by atoms with Crippen molar-refractivity contribution in [3.05, 3.63) is 20.3 Å². The number of rotatable bonds is 3. The number of piperidine rings is 1. The van der Waals surface area contributed by atoms with Crippen LogP contribution in [0.15, 0.2) is 9.85 Å². The molecule has 106 valence electrons. The summed E-state index contributed by atoms with van der Waals surface area (Å²) in [4.78, 5) is 4.07. The Morgan fingerprint density at radius 1 is 1.42 bits per heavy atom. The minimum absolute atomic E-state index is 0.596. The quantitative estimate of drug-likeness (QED) is 0.898. The van der Waals surface area contributed by atoms with Gasteiger partial charge in [0.1, 0.15) is 0 Å². The van der Waals surface area contributed by atoms with Crippen LogP contribution in [0.4, 0.5) is 0 Å². The Hall–Kier alpha value is 0.100. The number of aryl methyl sites for hydroxylation is 1. The van der Waals surface area contributed by atoms with E-state index in [4.69, 9.17) is 0 Å². The van der Waals surface area contributed by atoms with E-state index < -0.39 is 0 Å². The third kappa shape index (κ3) is 3.41. The van der Waals surface area contributed by atoms with E-state index in [0.717, 1.165) is 5.92 Å². The Labute approximate surface area is 128 Å². The molecule has 1 aromatic rings. The maximum Gasteiger partial charge on any atom is 0.0704 e. The second-order valence-corrected chi connectivity index (χ2v) is 8.57. The summed E-state index contributed by atoms with van der Waals surface area (Å²) in [6.07, 6.45) is 6.67. The van der Waals surface area contributed by atoms with Crippen LogP contribution in [0.25, 0.3) is 0 Å². The number of thiophene rings is 1. The van der Waals surface area contributed by atoms with Crippen LogP contribution in [-0.2, 0) is 6.42 Å². The lowest BCUT2D eigenvalue weighted by atomic mass is 9.92. The Balaban J connectivity index is 1.58. The summed E-state index contributed by atoms with van der Waals surface area (Å²) in [7, 11) is 2.25. The van der Waals surface area contributed by atoms with E-state index in [1.807, 2.05) is 11.3 Å². The summed E-state index contributed by atoms with van der Waals surface area (Å²) >= 11 is 5.56. The van der Waals surface area contributed by atoms with E-state index in [9.17, 15) is 0 Å². The summed E-state index contributed by atoms with van der Waals surface area (Å²) in [5.74, 6) is 0.839. The second-order valence-electron chi connectivity index (χ2n) is 6.05. The van der Waals surface area contributed by atoms with Crippen molar-refractivity contribution in [1.29, 1.82) is 0 Å². The van der Waals surface area contributed by atoms with Crippen molar-refractivity contribution in [1.82, 2.24) is 10.2 Å². The predicted molar refractivity (Wildman–Crippen MR) is 85.9 cm³/mol. The number of fused-ring (bicyclic) bond motifs is 1. The fourth-order valence-corrected chi connectivity index (χ4v) is 5.30. The van der Waals surface area contributed by atoms with Crippen molar-refractivity contribution in [3.8, 4) is 0 Å². The molecule has 0 amide bonds. The van der Waals surface area contributed by atoms with E-state index in [1.54, 1.807) is 10.4 Å². The van der Waals surface area contributed by atoms with Crippen LogP contribution in [0.3, 0.4) is 0 Å². The molecule has 0 spiro atoms. The van der Waals surface area contributed by atoms with E-state index >= 15 is 0 Å². The zero-order chi connectivity index (χ0) is 13.2. The first kappa shape index (κ1) is 14.1. The van der Waals surface area contributed by atoms with E-state index in [2.05, 4.69) is 39.3 Å². The molecule has 2 heterocycles. The molecular formula is C15H23BrN2S. The topological polar surface area (TPSA) is 15.3 Å². The number of likely N-dealkylation sites (tertiary alicyclic amines) is 1. The lowest BCUT2D eigenvalue weighted by Crippen LogP contribution is -2.38. The number of hydrogen-bond donors (Lipinski definition) is 1. The Kier molecular flexibility index (Phi) is 4.62. The molecular weight excluding hydrogens is 320 g/mol. The first-order valence-electron chi connectivity index (χ1n) is 7.42.